The van der Waals surface area contributed by atoms with Gasteiger partial charge in [0, 0.05) is 13.1 Å². The monoisotopic (exact) mass is 391 g/mol. The van der Waals surface area contributed by atoms with Crippen LogP contribution < -0.4 is 11.1 Å². The fourth-order valence-corrected chi connectivity index (χ4v) is 3.31. The minimum Gasteiger partial charge on any atom is -0.372 e. The van der Waals surface area contributed by atoms with Crippen LogP contribution in [0.2, 0.25) is 5.02 Å². The van der Waals surface area contributed by atoms with E-state index in [0.29, 0.717) is 31.2 Å². The van der Waals surface area contributed by atoms with Crippen LogP contribution in [0.25, 0.3) is 0 Å². The number of carbonyl (C=O) groups excluding carboxylic acids is 1. The lowest BCUT2D eigenvalue weighted by Gasteiger charge is -2.35. The zero-order valence-electron chi connectivity index (χ0n) is 14.9. The van der Waals surface area contributed by atoms with E-state index >= 15 is 0 Å². The number of nitrogens with zero attached hydrogens (tertiary/aromatic N) is 1. The molecule has 0 bridgehead atoms. The molecule has 1 fully saturated rings. The van der Waals surface area contributed by atoms with Crippen LogP contribution in [0.3, 0.4) is 0 Å². The molecule has 0 saturated carbocycles. The Morgan fingerprint density at radius 3 is 2.42 bits per heavy atom. The third kappa shape index (κ3) is 5.04. The molecule has 146 valence electrons. The van der Waals surface area contributed by atoms with Crippen LogP contribution in [0.15, 0.2) is 18.2 Å². The quantitative estimate of drug-likeness (QED) is 0.797. The van der Waals surface area contributed by atoms with Gasteiger partial charge in [-0.2, -0.15) is 13.2 Å². The van der Waals surface area contributed by atoms with Crippen LogP contribution in [0.4, 0.5) is 18.9 Å². The van der Waals surface area contributed by atoms with Crippen LogP contribution >= 0.6 is 11.6 Å². The smallest absolute Gasteiger partial charge is 0.372 e. The maximum absolute atomic E-state index is 12.9. The first-order valence-electron chi connectivity index (χ1n) is 8.75. The van der Waals surface area contributed by atoms with Crippen molar-refractivity contribution >= 4 is 23.2 Å². The van der Waals surface area contributed by atoms with Gasteiger partial charge < -0.3 is 16.0 Å². The number of piperidine rings is 1. The Hall–Kier alpha value is -1.47. The zero-order chi connectivity index (χ0) is 19.5. The summed E-state index contributed by atoms with van der Waals surface area (Å²) in [6, 6.07) is 2.55. The van der Waals surface area contributed by atoms with E-state index in [1.807, 2.05) is 13.8 Å². The number of likely N-dealkylation sites (tertiary alicyclic amines) is 1. The van der Waals surface area contributed by atoms with E-state index in [9.17, 15) is 18.0 Å². The lowest BCUT2D eigenvalue weighted by Crippen LogP contribution is -2.49. The Bertz CT molecular complexity index is 629. The van der Waals surface area contributed by atoms with Gasteiger partial charge in [0.1, 0.15) is 6.04 Å². The predicted molar refractivity (Wildman–Crippen MR) is 97.1 cm³/mol. The van der Waals surface area contributed by atoms with Crippen molar-refractivity contribution in [3.8, 4) is 0 Å². The van der Waals surface area contributed by atoms with Crippen LogP contribution in [0.5, 0.6) is 0 Å². The molecule has 1 aromatic carbocycles. The van der Waals surface area contributed by atoms with Gasteiger partial charge in [0.25, 0.3) is 0 Å². The molecule has 1 aliphatic rings. The van der Waals surface area contributed by atoms with Crippen LogP contribution in [0.1, 0.15) is 32.3 Å². The molecule has 1 heterocycles. The molecule has 1 aromatic rings. The zero-order valence-corrected chi connectivity index (χ0v) is 15.7. The van der Waals surface area contributed by atoms with Gasteiger partial charge in [0.2, 0.25) is 5.91 Å². The van der Waals surface area contributed by atoms with Gasteiger partial charge in [-0.3, -0.25) is 4.79 Å². The largest absolute Gasteiger partial charge is 0.416 e. The summed E-state index contributed by atoms with van der Waals surface area (Å²) in [6.07, 6.45) is -2.72. The number of amides is 1. The summed E-state index contributed by atoms with van der Waals surface area (Å²) in [5, 5.41) is 2.98. The molecule has 1 saturated heterocycles. The summed E-state index contributed by atoms with van der Waals surface area (Å²) < 4.78 is 38.3. The fourth-order valence-electron chi connectivity index (χ4n) is 3.08. The Labute approximate surface area is 156 Å². The molecular formula is C18H25ClF3N3O. The molecule has 8 heteroatoms. The first-order valence-corrected chi connectivity index (χ1v) is 9.13. The first-order chi connectivity index (χ1) is 12.1. The van der Waals surface area contributed by atoms with Crippen molar-refractivity contribution < 1.29 is 18.0 Å². The van der Waals surface area contributed by atoms with E-state index in [0.717, 1.165) is 25.0 Å². The Morgan fingerprint density at radius 2 is 1.96 bits per heavy atom. The van der Waals surface area contributed by atoms with Crippen molar-refractivity contribution in [2.24, 2.45) is 17.6 Å². The first kappa shape index (κ1) is 20.8. The summed E-state index contributed by atoms with van der Waals surface area (Å²) in [5.74, 6) is 0.327. The van der Waals surface area contributed by atoms with E-state index in [1.165, 1.54) is 6.07 Å². The highest BCUT2D eigenvalue weighted by Crippen LogP contribution is 2.34. The highest BCUT2D eigenvalue weighted by molar-refractivity contribution is 6.33. The van der Waals surface area contributed by atoms with E-state index in [-0.39, 0.29) is 16.8 Å². The lowest BCUT2D eigenvalue weighted by atomic mass is 9.95. The SMILES string of the molecule is CC(C)C(Nc1ccc(C(F)(F)F)cc1Cl)C(=O)N1CCC(CN)CC1. The average Bonchev–Trinajstić information content (AvgIpc) is 2.59. The van der Waals surface area contributed by atoms with Crippen LogP contribution in [0, 0.1) is 11.8 Å². The normalized spacial score (nSPS) is 17.5. The lowest BCUT2D eigenvalue weighted by molar-refractivity contribution is -0.137. The number of hydrogen-bond acceptors (Lipinski definition) is 3. The van der Waals surface area contributed by atoms with E-state index < -0.39 is 17.8 Å². The van der Waals surface area contributed by atoms with Crippen molar-refractivity contribution in [3.05, 3.63) is 28.8 Å². The second kappa shape index (κ2) is 8.48. The van der Waals surface area contributed by atoms with Gasteiger partial charge in [-0.05, 0) is 49.4 Å². The third-order valence-electron chi connectivity index (χ3n) is 4.80. The summed E-state index contributed by atoms with van der Waals surface area (Å²) in [5.41, 5.74) is 5.19. The molecule has 1 unspecified atom stereocenters. The van der Waals surface area contributed by atoms with E-state index in [1.54, 1.807) is 4.90 Å². The Morgan fingerprint density at radius 1 is 1.35 bits per heavy atom. The molecule has 0 aliphatic carbocycles. The third-order valence-corrected chi connectivity index (χ3v) is 5.11. The second-order valence-corrected chi connectivity index (χ2v) is 7.47. The summed E-state index contributed by atoms with van der Waals surface area (Å²) in [4.78, 5) is 14.7. The molecule has 0 radical (unpaired) electrons. The topological polar surface area (TPSA) is 58.4 Å². The highest BCUT2D eigenvalue weighted by atomic mass is 35.5. The van der Waals surface area contributed by atoms with Gasteiger partial charge in [-0.25, -0.2) is 0 Å². The maximum Gasteiger partial charge on any atom is 0.416 e. The number of anilines is 1. The summed E-state index contributed by atoms with van der Waals surface area (Å²) in [6.45, 7) is 5.69. The molecule has 4 nitrogen and oxygen atoms in total. The maximum atomic E-state index is 12.9. The summed E-state index contributed by atoms with van der Waals surface area (Å²) >= 11 is 6.01. The molecule has 1 atom stereocenters. The van der Waals surface area contributed by atoms with Crippen molar-refractivity contribution in [2.75, 3.05) is 25.0 Å². The van der Waals surface area contributed by atoms with Crippen LogP contribution in [-0.4, -0.2) is 36.5 Å². The van der Waals surface area contributed by atoms with Crippen LogP contribution in [-0.2, 0) is 11.0 Å². The molecule has 0 spiro atoms. The highest BCUT2D eigenvalue weighted by Gasteiger charge is 2.33. The number of hydrogen-bond donors (Lipinski definition) is 2. The van der Waals surface area contributed by atoms with Gasteiger partial charge in [-0.1, -0.05) is 25.4 Å². The van der Waals surface area contributed by atoms with Crippen molar-refractivity contribution in [1.29, 1.82) is 0 Å². The van der Waals surface area contributed by atoms with Crippen molar-refractivity contribution in [3.63, 3.8) is 0 Å². The van der Waals surface area contributed by atoms with Crippen molar-refractivity contribution in [1.82, 2.24) is 4.90 Å². The van der Waals surface area contributed by atoms with Gasteiger partial charge in [0.15, 0.2) is 0 Å². The number of benzene rings is 1. The van der Waals surface area contributed by atoms with Gasteiger partial charge in [-0.15, -0.1) is 0 Å². The van der Waals surface area contributed by atoms with E-state index in [2.05, 4.69) is 5.32 Å². The Kier molecular flexibility index (Phi) is 6.80. The molecular weight excluding hydrogens is 367 g/mol. The standard InChI is InChI=1S/C18H25ClF3N3O/c1-11(2)16(17(26)25-7-5-12(10-23)6-8-25)24-15-4-3-13(9-14(15)19)18(20,21)22/h3-4,9,11-12,16,24H,5-8,10,23H2,1-2H3. The minimum atomic E-state index is -4.46. The van der Waals surface area contributed by atoms with Gasteiger partial charge >= 0.3 is 6.18 Å². The number of halogens is 4. The molecule has 1 aliphatic heterocycles. The molecule has 26 heavy (non-hydrogen) atoms. The van der Waals surface area contributed by atoms with Crippen molar-refractivity contribution in [2.45, 2.75) is 38.9 Å². The predicted octanol–water partition coefficient (Wildman–Crippen LogP) is 3.99. The number of carbonyl (C=O) groups is 1. The Balaban J connectivity index is 2.12. The average molecular weight is 392 g/mol. The number of nitrogens with two attached hydrogens (primary N) is 1. The number of rotatable bonds is 5. The van der Waals surface area contributed by atoms with E-state index in [4.69, 9.17) is 17.3 Å². The number of alkyl halides is 3. The van der Waals surface area contributed by atoms with Gasteiger partial charge in [0.05, 0.1) is 16.3 Å². The second-order valence-electron chi connectivity index (χ2n) is 7.06. The molecule has 1 amide bonds. The number of nitrogens with one attached hydrogen (secondary N) is 1. The minimum absolute atomic E-state index is 0.0481. The molecule has 0 aromatic heterocycles. The molecule has 2 rings (SSSR count). The molecule has 3 N–H and O–H groups in total. The summed E-state index contributed by atoms with van der Waals surface area (Å²) in [7, 11) is 0. The fraction of sp³-hybridized carbons (Fsp3) is 0.611.